The van der Waals surface area contributed by atoms with Gasteiger partial charge in [0.25, 0.3) is 0 Å². The van der Waals surface area contributed by atoms with Gasteiger partial charge in [-0.2, -0.15) is 0 Å². The molecule has 1 aliphatic heterocycles. The first-order valence-corrected chi connectivity index (χ1v) is 8.69. The lowest BCUT2D eigenvalue weighted by Crippen LogP contribution is -2.56. The summed E-state index contributed by atoms with van der Waals surface area (Å²) >= 11 is 0. The van der Waals surface area contributed by atoms with Crippen LogP contribution in [0.5, 0.6) is 5.75 Å². The highest BCUT2D eigenvalue weighted by Gasteiger charge is 2.36. The topological polar surface area (TPSA) is 77.4 Å². The van der Waals surface area contributed by atoms with Crippen molar-refractivity contribution in [3.05, 3.63) is 29.8 Å². The summed E-state index contributed by atoms with van der Waals surface area (Å²) in [6, 6.07) is 7.82. The minimum atomic E-state index is -0.685. The fourth-order valence-electron chi connectivity index (χ4n) is 3.13. The number of benzene rings is 1. The van der Waals surface area contributed by atoms with Gasteiger partial charge in [-0.1, -0.05) is 12.1 Å². The normalized spacial score (nSPS) is 19.0. The first kappa shape index (κ1) is 20.8. The van der Waals surface area contributed by atoms with Crippen LogP contribution in [-0.2, 0) is 4.79 Å². The van der Waals surface area contributed by atoms with Crippen molar-refractivity contribution in [2.75, 3.05) is 40.3 Å². The van der Waals surface area contributed by atoms with E-state index in [0.717, 1.165) is 31.5 Å². The van der Waals surface area contributed by atoms with E-state index in [0.29, 0.717) is 30.8 Å². The number of aliphatic hydroxyl groups excluding tert-OH is 1. The summed E-state index contributed by atoms with van der Waals surface area (Å²) in [5.41, 5.74) is 0.775. The van der Waals surface area contributed by atoms with E-state index in [1.807, 2.05) is 34.1 Å². The number of aliphatic imine (C=N–C) groups is 1. The Morgan fingerprint density at radius 3 is 2.81 bits per heavy atom. The van der Waals surface area contributed by atoms with Gasteiger partial charge >= 0.3 is 0 Å². The predicted molar refractivity (Wildman–Crippen MR) is 111 cm³/mol. The smallest absolute Gasteiger partial charge is 0.242 e. The molecule has 1 amide bonds. The molecule has 26 heavy (non-hydrogen) atoms. The average Bonchev–Trinajstić information content (AvgIpc) is 3.47. The van der Waals surface area contributed by atoms with Crippen LogP contribution in [0.25, 0.3) is 0 Å². The number of piperazine rings is 1. The number of carbonyl (C=O) groups excluding carboxylic acids is 1. The molecule has 2 aliphatic rings. The number of guanidine groups is 1. The zero-order valence-corrected chi connectivity index (χ0v) is 17.6. The van der Waals surface area contributed by atoms with Crippen LogP contribution in [0.2, 0.25) is 0 Å². The number of hydrogen-bond acceptors (Lipinski definition) is 4. The van der Waals surface area contributed by atoms with Gasteiger partial charge in [0.1, 0.15) is 5.75 Å². The summed E-state index contributed by atoms with van der Waals surface area (Å²) in [6.45, 7) is 2.15. The van der Waals surface area contributed by atoms with Crippen molar-refractivity contribution in [2.45, 2.75) is 25.0 Å². The third-order valence-electron chi connectivity index (χ3n) is 4.69. The molecule has 0 spiro atoms. The average molecular weight is 474 g/mol. The summed E-state index contributed by atoms with van der Waals surface area (Å²) in [5, 5.41) is 13.6. The van der Waals surface area contributed by atoms with Crippen molar-refractivity contribution in [3.63, 3.8) is 0 Å². The third kappa shape index (κ3) is 5.00. The van der Waals surface area contributed by atoms with E-state index in [4.69, 9.17) is 4.74 Å². The molecule has 1 aromatic rings. The van der Waals surface area contributed by atoms with Gasteiger partial charge in [-0.25, -0.2) is 0 Å². The molecule has 2 N–H and O–H groups in total. The van der Waals surface area contributed by atoms with Crippen LogP contribution >= 0.6 is 24.0 Å². The molecule has 3 rings (SSSR count). The number of methoxy groups -OCH3 is 1. The van der Waals surface area contributed by atoms with E-state index in [9.17, 15) is 9.90 Å². The first-order chi connectivity index (χ1) is 12.1. The Bertz CT molecular complexity index is 651. The molecule has 7 nitrogen and oxygen atoms in total. The summed E-state index contributed by atoms with van der Waals surface area (Å²) < 4.78 is 5.19. The van der Waals surface area contributed by atoms with Gasteiger partial charge in [0.15, 0.2) is 5.96 Å². The number of nitrogens with zero attached hydrogens (tertiary/aromatic N) is 3. The van der Waals surface area contributed by atoms with E-state index in [1.165, 1.54) is 0 Å². The number of carbonyl (C=O) groups is 1. The molecule has 0 aromatic heterocycles. The van der Waals surface area contributed by atoms with Gasteiger partial charge in [-0.15, -0.1) is 24.0 Å². The Labute approximate surface area is 171 Å². The van der Waals surface area contributed by atoms with E-state index in [2.05, 4.69) is 10.3 Å². The van der Waals surface area contributed by atoms with Gasteiger partial charge in [0, 0.05) is 32.7 Å². The molecule has 1 aliphatic carbocycles. The van der Waals surface area contributed by atoms with E-state index in [-0.39, 0.29) is 29.9 Å². The molecule has 1 aromatic carbocycles. The molecule has 1 saturated heterocycles. The maximum atomic E-state index is 12.3. The summed E-state index contributed by atoms with van der Waals surface area (Å²) in [6.07, 6.45) is 1.58. The fourth-order valence-corrected chi connectivity index (χ4v) is 3.13. The molecule has 0 bridgehead atoms. The molecule has 1 heterocycles. The molecule has 144 valence electrons. The van der Waals surface area contributed by atoms with E-state index < -0.39 is 6.10 Å². The van der Waals surface area contributed by atoms with Gasteiger partial charge in [-0.05, 0) is 30.5 Å². The zero-order valence-electron chi connectivity index (χ0n) is 15.2. The molecule has 1 atom stereocenters. The Hall–Kier alpha value is -1.55. The highest BCUT2D eigenvalue weighted by atomic mass is 127. The van der Waals surface area contributed by atoms with Crippen molar-refractivity contribution < 1.29 is 14.6 Å². The highest BCUT2D eigenvalue weighted by Crippen LogP contribution is 2.28. The lowest BCUT2D eigenvalue weighted by atomic mass is 10.1. The maximum absolute atomic E-state index is 12.3. The number of rotatable bonds is 5. The quantitative estimate of drug-likeness (QED) is 0.382. The minimum Gasteiger partial charge on any atom is -0.497 e. The Kier molecular flexibility index (Phi) is 7.51. The van der Waals surface area contributed by atoms with Crippen molar-refractivity contribution in [1.29, 1.82) is 0 Å². The van der Waals surface area contributed by atoms with Crippen LogP contribution in [0, 0.1) is 0 Å². The molecule has 0 radical (unpaired) electrons. The second-order valence-corrected chi connectivity index (χ2v) is 6.46. The van der Waals surface area contributed by atoms with E-state index >= 15 is 0 Å². The van der Waals surface area contributed by atoms with Crippen molar-refractivity contribution >= 4 is 35.8 Å². The second kappa shape index (κ2) is 9.40. The third-order valence-corrected chi connectivity index (χ3v) is 4.69. The molecular weight excluding hydrogens is 447 g/mol. The monoisotopic (exact) mass is 474 g/mol. The lowest BCUT2D eigenvalue weighted by Gasteiger charge is -2.36. The first-order valence-electron chi connectivity index (χ1n) is 8.69. The summed E-state index contributed by atoms with van der Waals surface area (Å²) in [4.78, 5) is 20.5. The Balaban J connectivity index is 0.00000243. The number of hydrogen-bond donors (Lipinski definition) is 2. The Morgan fingerprint density at radius 2 is 2.19 bits per heavy atom. The van der Waals surface area contributed by atoms with E-state index in [1.54, 1.807) is 14.2 Å². The van der Waals surface area contributed by atoms with Gasteiger partial charge in [0.05, 0.1) is 19.8 Å². The molecule has 1 unspecified atom stereocenters. The number of aliphatic hydroxyl groups is 1. The number of nitrogens with one attached hydrogen (secondary N) is 1. The highest BCUT2D eigenvalue weighted by molar-refractivity contribution is 14.0. The standard InChI is InChI=1S/C18H26N4O3.HI/c1-19-18(21-8-9-22(14-6-7-14)17(24)12-21)20-11-16(23)13-4-3-5-15(10-13)25-2;/h3-5,10,14,16,23H,6-9,11-12H2,1-2H3,(H,19,20);1H. The molecule has 8 heteroatoms. The summed E-state index contributed by atoms with van der Waals surface area (Å²) in [7, 11) is 3.29. The largest absolute Gasteiger partial charge is 0.497 e. The van der Waals surface area contributed by atoms with Gasteiger partial charge in [-0.3, -0.25) is 9.79 Å². The Morgan fingerprint density at radius 1 is 1.42 bits per heavy atom. The number of halogens is 1. The molecule has 1 saturated carbocycles. The van der Waals surface area contributed by atoms with Crippen LogP contribution in [-0.4, -0.2) is 73.2 Å². The van der Waals surface area contributed by atoms with Gasteiger partial charge < -0.3 is 25.0 Å². The van der Waals surface area contributed by atoms with Crippen LogP contribution in [0.1, 0.15) is 24.5 Å². The fraction of sp³-hybridized carbons (Fsp3) is 0.556. The minimum absolute atomic E-state index is 0. The van der Waals surface area contributed by atoms with Crippen molar-refractivity contribution in [2.24, 2.45) is 4.99 Å². The number of amides is 1. The predicted octanol–water partition coefficient (Wildman–Crippen LogP) is 1.23. The zero-order chi connectivity index (χ0) is 17.8. The lowest BCUT2D eigenvalue weighted by molar-refractivity contribution is -0.135. The maximum Gasteiger partial charge on any atom is 0.242 e. The van der Waals surface area contributed by atoms with Crippen LogP contribution in [0.15, 0.2) is 29.3 Å². The van der Waals surface area contributed by atoms with Crippen molar-refractivity contribution in [3.8, 4) is 5.75 Å². The van der Waals surface area contributed by atoms with Gasteiger partial charge in [0.2, 0.25) is 5.91 Å². The van der Waals surface area contributed by atoms with Crippen LogP contribution < -0.4 is 10.1 Å². The van der Waals surface area contributed by atoms with Crippen LogP contribution in [0.3, 0.4) is 0 Å². The molecular formula is C18H27IN4O3. The van der Waals surface area contributed by atoms with Crippen LogP contribution in [0.4, 0.5) is 0 Å². The molecule has 2 fully saturated rings. The SMILES string of the molecule is CN=C(NCC(O)c1cccc(OC)c1)N1CCN(C2CC2)C(=O)C1.I. The van der Waals surface area contributed by atoms with Crippen molar-refractivity contribution in [1.82, 2.24) is 15.1 Å². The summed E-state index contributed by atoms with van der Waals surface area (Å²) in [5.74, 6) is 1.51. The second-order valence-electron chi connectivity index (χ2n) is 6.46. The number of ether oxygens (including phenoxy) is 1.